The van der Waals surface area contributed by atoms with E-state index in [-0.39, 0.29) is 17.7 Å². The van der Waals surface area contributed by atoms with Gasteiger partial charge in [-0.3, -0.25) is 14.9 Å². The number of urea groups is 1. The zero-order chi connectivity index (χ0) is 12.9. The van der Waals surface area contributed by atoms with Crippen molar-refractivity contribution in [1.82, 2.24) is 15.5 Å². The molecule has 6 heteroatoms. The maximum atomic E-state index is 12.2. The van der Waals surface area contributed by atoms with Crippen molar-refractivity contribution in [2.75, 3.05) is 13.1 Å². The number of carbonyl (C=O) groups excluding carboxylic acids is 3. The number of hydrogen-bond donors (Lipinski definition) is 2. The first kappa shape index (κ1) is 11.5. The number of imide groups is 1. The van der Waals surface area contributed by atoms with Crippen LogP contribution in [0.15, 0.2) is 0 Å². The van der Waals surface area contributed by atoms with Crippen LogP contribution in [0.25, 0.3) is 0 Å². The number of likely N-dealkylation sites (tertiary alicyclic amines) is 1. The lowest BCUT2D eigenvalue weighted by Crippen LogP contribution is -2.50. The Hall–Kier alpha value is -1.59. The van der Waals surface area contributed by atoms with Gasteiger partial charge in [0.05, 0.1) is 6.54 Å². The number of carbonyl (C=O) groups is 3. The second kappa shape index (κ2) is 3.70. The van der Waals surface area contributed by atoms with Crippen LogP contribution in [0, 0.1) is 11.8 Å². The molecular formula is C12H17N3O3. The summed E-state index contributed by atoms with van der Waals surface area (Å²) in [5, 5.41) is 4.90. The topological polar surface area (TPSA) is 78.5 Å². The van der Waals surface area contributed by atoms with E-state index in [1.165, 1.54) is 0 Å². The van der Waals surface area contributed by atoms with Crippen molar-refractivity contribution in [3.63, 3.8) is 0 Å². The Morgan fingerprint density at radius 3 is 2.72 bits per heavy atom. The highest BCUT2D eigenvalue weighted by Crippen LogP contribution is 2.38. The molecule has 2 atom stereocenters. The molecule has 4 amide bonds. The Bertz CT molecular complexity index is 432. The SMILES string of the molecule is CC(C(=O)N1CCC2(C1)NC(=O)NC2=O)C1CC1. The van der Waals surface area contributed by atoms with Gasteiger partial charge in [0.1, 0.15) is 5.54 Å². The minimum Gasteiger partial charge on any atom is -0.339 e. The second-order valence-electron chi connectivity index (χ2n) is 5.63. The summed E-state index contributed by atoms with van der Waals surface area (Å²) < 4.78 is 0. The predicted octanol–water partition coefficient (Wildman–Crippen LogP) is -0.157. The monoisotopic (exact) mass is 251 g/mol. The van der Waals surface area contributed by atoms with Crippen LogP contribution in [0.1, 0.15) is 26.2 Å². The maximum absolute atomic E-state index is 12.2. The van der Waals surface area contributed by atoms with E-state index in [9.17, 15) is 14.4 Å². The summed E-state index contributed by atoms with van der Waals surface area (Å²) in [6.07, 6.45) is 2.76. The molecule has 1 saturated carbocycles. The number of nitrogens with one attached hydrogen (secondary N) is 2. The summed E-state index contributed by atoms with van der Waals surface area (Å²) >= 11 is 0. The fourth-order valence-corrected chi connectivity index (χ4v) is 2.90. The fourth-order valence-electron chi connectivity index (χ4n) is 2.90. The zero-order valence-corrected chi connectivity index (χ0v) is 10.4. The molecule has 2 unspecified atom stereocenters. The molecule has 3 aliphatic rings. The van der Waals surface area contributed by atoms with E-state index in [1.807, 2.05) is 6.92 Å². The molecule has 2 heterocycles. The third kappa shape index (κ3) is 1.67. The van der Waals surface area contributed by atoms with Crippen molar-refractivity contribution in [2.45, 2.75) is 31.7 Å². The fraction of sp³-hybridized carbons (Fsp3) is 0.750. The van der Waals surface area contributed by atoms with Gasteiger partial charge in [-0.1, -0.05) is 6.92 Å². The summed E-state index contributed by atoms with van der Waals surface area (Å²) in [7, 11) is 0. The average molecular weight is 251 g/mol. The smallest absolute Gasteiger partial charge is 0.322 e. The molecule has 0 aromatic carbocycles. The summed E-state index contributed by atoms with van der Waals surface area (Å²) in [6, 6.07) is -0.454. The van der Waals surface area contributed by atoms with Crippen molar-refractivity contribution in [1.29, 1.82) is 0 Å². The molecule has 1 spiro atoms. The van der Waals surface area contributed by atoms with E-state index in [0.717, 1.165) is 12.8 Å². The molecule has 2 N–H and O–H groups in total. The Morgan fingerprint density at radius 1 is 1.44 bits per heavy atom. The van der Waals surface area contributed by atoms with E-state index < -0.39 is 11.6 Å². The van der Waals surface area contributed by atoms with E-state index in [1.54, 1.807) is 4.90 Å². The highest BCUT2D eigenvalue weighted by molar-refractivity contribution is 6.07. The molecule has 3 fully saturated rings. The summed E-state index contributed by atoms with van der Waals surface area (Å²) in [5.41, 5.74) is -0.879. The van der Waals surface area contributed by atoms with E-state index in [4.69, 9.17) is 0 Å². The van der Waals surface area contributed by atoms with Crippen molar-refractivity contribution in [3.8, 4) is 0 Å². The highest BCUT2D eigenvalue weighted by atomic mass is 16.2. The maximum Gasteiger partial charge on any atom is 0.322 e. The molecule has 6 nitrogen and oxygen atoms in total. The van der Waals surface area contributed by atoms with Crippen LogP contribution in [0.3, 0.4) is 0 Å². The molecule has 98 valence electrons. The van der Waals surface area contributed by atoms with Crippen LogP contribution in [0.4, 0.5) is 4.79 Å². The first-order valence-corrected chi connectivity index (χ1v) is 6.44. The summed E-state index contributed by atoms with van der Waals surface area (Å²) in [6.45, 7) is 2.81. The second-order valence-corrected chi connectivity index (χ2v) is 5.63. The number of rotatable bonds is 2. The Labute approximate surface area is 105 Å². The molecule has 0 aromatic heterocycles. The van der Waals surface area contributed by atoms with Gasteiger partial charge in [-0.05, 0) is 25.2 Å². The quantitative estimate of drug-likeness (QED) is 0.670. The molecule has 0 aromatic rings. The lowest BCUT2D eigenvalue weighted by molar-refractivity contribution is -0.135. The van der Waals surface area contributed by atoms with Gasteiger partial charge in [-0.2, -0.15) is 0 Å². The van der Waals surface area contributed by atoms with Crippen LogP contribution in [-0.4, -0.2) is 41.4 Å². The highest BCUT2D eigenvalue weighted by Gasteiger charge is 2.52. The van der Waals surface area contributed by atoms with Crippen LogP contribution in [0.2, 0.25) is 0 Å². The minimum absolute atomic E-state index is 0.0420. The van der Waals surface area contributed by atoms with Gasteiger partial charge in [0.2, 0.25) is 5.91 Å². The van der Waals surface area contributed by atoms with Crippen LogP contribution < -0.4 is 10.6 Å². The Kier molecular flexibility index (Phi) is 2.36. The summed E-state index contributed by atoms with van der Waals surface area (Å²) in [4.78, 5) is 36.9. The van der Waals surface area contributed by atoms with E-state index >= 15 is 0 Å². The third-order valence-electron chi connectivity index (χ3n) is 4.31. The van der Waals surface area contributed by atoms with Gasteiger partial charge in [0, 0.05) is 12.5 Å². The Morgan fingerprint density at radius 2 is 2.17 bits per heavy atom. The number of nitrogens with zero attached hydrogens (tertiary/aromatic N) is 1. The molecule has 2 saturated heterocycles. The third-order valence-corrected chi connectivity index (χ3v) is 4.31. The zero-order valence-electron chi connectivity index (χ0n) is 10.4. The van der Waals surface area contributed by atoms with Crippen LogP contribution in [0.5, 0.6) is 0 Å². The largest absolute Gasteiger partial charge is 0.339 e. The van der Waals surface area contributed by atoms with E-state index in [0.29, 0.717) is 25.4 Å². The van der Waals surface area contributed by atoms with Gasteiger partial charge in [0.25, 0.3) is 5.91 Å². The Balaban J connectivity index is 1.69. The average Bonchev–Trinajstić information content (AvgIpc) is 3.03. The van der Waals surface area contributed by atoms with Gasteiger partial charge < -0.3 is 10.2 Å². The molecule has 0 radical (unpaired) electrons. The molecule has 0 bridgehead atoms. The molecule has 1 aliphatic carbocycles. The van der Waals surface area contributed by atoms with Crippen molar-refractivity contribution in [2.24, 2.45) is 11.8 Å². The van der Waals surface area contributed by atoms with Crippen molar-refractivity contribution in [3.05, 3.63) is 0 Å². The van der Waals surface area contributed by atoms with Crippen molar-refractivity contribution >= 4 is 17.8 Å². The lowest BCUT2D eigenvalue weighted by Gasteiger charge is -2.23. The predicted molar refractivity (Wildman–Crippen MR) is 62.5 cm³/mol. The first-order valence-electron chi connectivity index (χ1n) is 6.44. The molecule has 2 aliphatic heterocycles. The molecular weight excluding hydrogens is 234 g/mol. The van der Waals surface area contributed by atoms with E-state index in [2.05, 4.69) is 10.6 Å². The lowest BCUT2D eigenvalue weighted by atomic mass is 9.99. The number of amides is 4. The minimum atomic E-state index is -0.879. The van der Waals surface area contributed by atoms with Crippen LogP contribution in [-0.2, 0) is 9.59 Å². The number of hydrogen-bond acceptors (Lipinski definition) is 3. The molecule has 18 heavy (non-hydrogen) atoms. The van der Waals surface area contributed by atoms with Gasteiger partial charge in [0.15, 0.2) is 0 Å². The standard InChI is InChI=1S/C12H17N3O3/c1-7(8-2-3-8)9(16)15-5-4-12(6-15)10(17)13-11(18)14-12/h7-8H,2-6H2,1H3,(H2,13,14,17,18). The van der Waals surface area contributed by atoms with Gasteiger partial charge in [-0.25, -0.2) is 4.79 Å². The summed E-state index contributed by atoms with van der Waals surface area (Å²) in [5.74, 6) is 0.367. The first-order chi connectivity index (χ1) is 8.52. The van der Waals surface area contributed by atoms with Crippen molar-refractivity contribution < 1.29 is 14.4 Å². The van der Waals surface area contributed by atoms with Gasteiger partial charge in [-0.15, -0.1) is 0 Å². The van der Waals surface area contributed by atoms with Crippen LogP contribution >= 0.6 is 0 Å². The normalized spacial score (nSPS) is 32.6. The molecule has 3 rings (SSSR count). The van der Waals surface area contributed by atoms with Gasteiger partial charge >= 0.3 is 6.03 Å².